The van der Waals surface area contributed by atoms with Gasteiger partial charge in [-0.25, -0.2) is 4.68 Å². The molecule has 0 bridgehead atoms. The van der Waals surface area contributed by atoms with E-state index in [2.05, 4.69) is 10.4 Å². The number of rotatable bonds is 6. The molecule has 0 fully saturated rings. The normalized spacial score (nSPS) is 18.0. The number of nitrogens with one attached hydrogen (secondary N) is 1. The molecule has 5 nitrogen and oxygen atoms in total. The van der Waals surface area contributed by atoms with Crippen LogP contribution < -0.4 is 10.2 Å². The number of aryl methyl sites for hydroxylation is 1. The molecule has 2 heterocycles. The van der Waals surface area contributed by atoms with E-state index in [4.69, 9.17) is 0 Å². The summed E-state index contributed by atoms with van der Waals surface area (Å²) in [7, 11) is 3.90. The summed E-state index contributed by atoms with van der Waals surface area (Å²) in [6.07, 6.45) is -2.71. The van der Waals surface area contributed by atoms with Crippen LogP contribution in [0.5, 0.6) is 0 Å². The highest BCUT2D eigenvalue weighted by Gasteiger charge is 2.47. The second-order valence-corrected chi connectivity index (χ2v) is 8.24. The molecule has 1 N–H and O–H groups in total. The molecule has 0 saturated carbocycles. The summed E-state index contributed by atoms with van der Waals surface area (Å²) in [5.74, 6) is -0.0922. The van der Waals surface area contributed by atoms with Crippen molar-refractivity contribution in [1.29, 1.82) is 0 Å². The van der Waals surface area contributed by atoms with Crippen molar-refractivity contribution in [2.75, 3.05) is 24.3 Å². The molecular formula is C24H25F3N4O. The molecule has 8 heteroatoms. The van der Waals surface area contributed by atoms with E-state index in [9.17, 15) is 18.0 Å². The quantitative estimate of drug-likeness (QED) is 0.518. The van der Waals surface area contributed by atoms with Crippen molar-refractivity contribution in [3.05, 3.63) is 77.5 Å². The number of halogens is 3. The molecule has 0 amide bonds. The maximum atomic E-state index is 13.8. The molecule has 0 radical (unpaired) electrons. The number of nitrogens with zero attached hydrogens (tertiary/aromatic N) is 3. The van der Waals surface area contributed by atoms with Crippen molar-refractivity contribution < 1.29 is 18.0 Å². The number of hydrogen-bond donors (Lipinski definition) is 1. The topological polar surface area (TPSA) is 50.2 Å². The molecule has 3 aromatic rings. The van der Waals surface area contributed by atoms with Crippen LogP contribution in [0.2, 0.25) is 0 Å². The van der Waals surface area contributed by atoms with Gasteiger partial charge in [0.2, 0.25) is 0 Å². The van der Waals surface area contributed by atoms with E-state index in [-0.39, 0.29) is 30.0 Å². The highest BCUT2D eigenvalue weighted by molar-refractivity contribution is 6.00. The standard InChI is InChI=1S/C24H25F3N4O/c1-30(2)18-11-8-16(9-12-18)10-13-21(32)19-15-28-31-22(24(25,26)27)14-20(29-23(19)31)17-6-4-3-5-7-17/h3-9,11-12,15,20,22,29H,10,13-14H2,1-2H3/t20-,22+/m1/s1. The minimum atomic E-state index is -4.47. The van der Waals surface area contributed by atoms with Crippen LogP contribution in [0.25, 0.3) is 0 Å². The number of carbonyl (C=O) groups is 1. The molecule has 2 atom stereocenters. The Bertz CT molecular complexity index is 1070. The summed E-state index contributed by atoms with van der Waals surface area (Å²) >= 11 is 0. The van der Waals surface area contributed by atoms with Crippen LogP contribution in [0.15, 0.2) is 60.8 Å². The number of anilines is 2. The zero-order valence-corrected chi connectivity index (χ0v) is 17.9. The maximum absolute atomic E-state index is 13.8. The molecule has 0 aliphatic carbocycles. The number of aromatic nitrogens is 2. The van der Waals surface area contributed by atoms with E-state index in [0.29, 0.717) is 6.42 Å². The van der Waals surface area contributed by atoms with Crippen LogP contribution in [-0.2, 0) is 6.42 Å². The second kappa shape index (κ2) is 8.68. The first-order valence-electron chi connectivity index (χ1n) is 10.5. The van der Waals surface area contributed by atoms with Crippen LogP contribution >= 0.6 is 0 Å². The summed E-state index contributed by atoms with van der Waals surface area (Å²) in [5, 5.41) is 7.08. The summed E-state index contributed by atoms with van der Waals surface area (Å²) in [4.78, 5) is 14.9. The van der Waals surface area contributed by atoms with Gasteiger partial charge in [0.05, 0.1) is 17.8 Å². The molecule has 32 heavy (non-hydrogen) atoms. The Hall–Kier alpha value is -3.29. The van der Waals surface area contributed by atoms with E-state index in [1.807, 2.05) is 49.3 Å². The van der Waals surface area contributed by atoms with Gasteiger partial charge in [0.1, 0.15) is 5.82 Å². The van der Waals surface area contributed by atoms with Crippen molar-refractivity contribution in [3.8, 4) is 0 Å². The number of benzene rings is 2. The first-order valence-corrected chi connectivity index (χ1v) is 10.5. The average molecular weight is 442 g/mol. The molecule has 0 unspecified atom stereocenters. The predicted molar refractivity (Wildman–Crippen MR) is 118 cm³/mol. The summed E-state index contributed by atoms with van der Waals surface area (Å²) < 4.78 is 42.3. The van der Waals surface area contributed by atoms with Gasteiger partial charge in [0.15, 0.2) is 11.8 Å². The Morgan fingerprint density at radius 1 is 1.12 bits per heavy atom. The SMILES string of the molecule is CN(C)c1ccc(CCC(=O)c2cnn3c2N[C@@H](c2ccccc2)C[C@H]3C(F)(F)F)cc1. The maximum Gasteiger partial charge on any atom is 0.410 e. The van der Waals surface area contributed by atoms with Crippen LogP contribution in [0.1, 0.15) is 46.4 Å². The van der Waals surface area contributed by atoms with Gasteiger partial charge in [-0.15, -0.1) is 0 Å². The average Bonchev–Trinajstić information content (AvgIpc) is 3.21. The molecule has 1 aliphatic heterocycles. The Balaban J connectivity index is 1.56. The molecule has 2 aromatic carbocycles. The van der Waals surface area contributed by atoms with Crippen molar-refractivity contribution in [2.24, 2.45) is 0 Å². The number of ketones is 1. The van der Waals surface area contributed by atoms with E-state index >= 15 is 0 Å². The first kappa shape index (κ1) is 21.9. The van der Waals surface area contributed by atoms with Gasteiger partial charge in [-0.2, -0.15) is 18.3 Å². The number of fused-ring (bicyclic) bond motifs is 1. The minimum absolute atomic E-state index is 0.139. The lowest BCUT2D eigenvalue weighted by Gasteiger charge is -2.34. The van der Waals surface area contributed by atoms with E-state index in [1.165, 1.54) is 6.20 Å². The molecular weight excluding hydrogens is 417 g/mol. The Kier molecular flexibility index (Phi) is 5.95. The van der Waals surface area contributed by atoms with Crippen LogP contribution in [-0.4, -0.2) is 35.8 Å². The Morgan fingerprint density at radius 3 is 2.44 bits per heavy atom. The van der Waals surface area contributed by atoms with Gasteiger partial charge in [0.25, 0.3) is 0 Å². The van der Waals surface area contributed by atoms with Gasteiger partial charge in [-0.1, -0.05) is 42.5 Å². The summed E-state index contributed by atoms with van der Waals surface area (Å²) in [6, 6.07) is 14.5. The zero-order valence-electron chi connectivity index (χ0n) is 17.9. The van der Waals surface area contributed by atoms with Crippen LogP contribution in [0, 0.1) is 0 Å². The van der Waals surface area contributed by atoms with E-state index in [0.717, 1.165) is 21.5 Å². The van der Waals surface area contributed by atoms with Crippen LogP contribution in [0.3, 0.4) is 0 Å². The lowest BCUT2D eigenvalue weighted by molar-refractivity contribution is -0.173. The van der Waals surface area contributed by atoms with Crippen molar-refractivity contribution in [1.82, 2.24) is 9.78 Å². The predicted octanol–water partition coefficient (Wildman–Crippen LogP) is 5.42. The fourth-order valence-electron chi connectivity index (χ4n) is 4.02. The highest BCUT2D eigenvalue weighted by atomic mass is 19.4. The fraction of sp³-hybridized carbons (Fsp3) is 0.333. The lowest BCUT2D eigenvalue weighted by Crippen LogP contribution is -2.36. The van der Waals surface area contributed by atoms with Crippen LogP contribution in [0.4, 0.5) is 24.7 Å². The van der Waals surface area contributed by atoms with Gasteiger partial charge in [-0.05, 0) is 29.7 Å². The fourth-order valence-corrected chi connectivity index (χ4v) is 4.02. The molecule has 4 rings (SSSR count). The zero-order chi connectivity index (χ0) is 22.9. The third-order valence-electron chi connectivity index (χ3n) is 5.83. The van der Waals surface area contributed by atoms with E-state index in [1.54, 1.807) is 24.3 Å². The Labute approximate surface area is 184 Å². The van der Waals surface area contributed by atoms with Gasteiger partial charge < -0.3 is 10.2 Å². The van der Waals surface area contributed by atoms with Crippen molar-refractivity contribution >= 4 is 17.3 Å². The number of carbonyl (C=O) groups excluding carboxylic acids is 1. The van der Waals surface area contributed by atoms with Gasteiger partial charge in [-0.3, -0.25) is 4.79 Å². The molecule has 0 spiro atoms. The third-order valence-corrected chi connectivity index (χ3v) is 5.83. The largest absolute Gasteiger partial charge is 0.410 e. The minimum Gasteiger partial charge on any atom is -0.378 e. The second-order valence-electron chi connectivity index (χ2n) is 8.24. The van der Waals surface area contributed by atoms with Crippen molar-refractivity contribution in [2.45, 2.75) is 37.5 Å². The Morgan fingerprint density at radius 2 is 1.81 bits per heavy atom. The van der Waals surface area contributed by atoms with Crippen molar-refractivity contribution in [3.63, 3.8) is 0 Å². The summed E-state index contributed by atoms with van der Waals surface area (Å²) in [6.45, 7) is 0. The third kappa shape index (κ3) is 4.49. The number of hydrogen-bond acceptors (Lipinski definition) is 4. The monoisotopic (exact) mass is 442 g/mol. The number of Topliss-reactive ketones (excluding diaryl/α,β-unsaturated/α-hetero) is 1. The molecule has 1 aromatic heterocycles. The summed E-state index contributed by atoms with van der Waals surface area (Å²) in [5.41, 5.74) is 2.99. The lowest BCUT2D eigenvalue weighted by atomic mass is 9.96. The van der Waals surface area contributed by atoms with E-state index < -0.39 is 18.3 Å². The smallest absolute Gasteiger partial charge is 0.378 e. The van der Waals surface area contributed by atoms with Gasteiger partial charge in [0, 0.05) is 32.6 Å². The number of alkyl halides is 3. The molecule has 1 aliphatic rings. The highest BCUT2D eigenvalue weighted by Crippen LogP contribution is 2.44. The van der Waals surface area contributed by atoms with Gasteiger partial charge >= 0.3 is 6.18 Å². The molecule has 0 saturated heterocycles. The first-order chi connectivity index (χ1) is 15.2. The molecule has 168 valence electrons.